The van der Waals surface area contributed by atoms with Crippen LogP contribution in [-0.4, -0.2) is 16.5 Å². The maximum Gasteiger partial charge on any atom is 0.267 e. The number of carbonyl (C=O) groups excluding carboxylic acids is 1. The number of epoxide rings is 1. The summed E-state index contributed by atoms with van der Waals surface area (Å²) in [5.74, 6) is -0.754. The van der Waals surface area contributed by atoms with E-state index in [1.165, 1.54) is 0 Å². The van der Waals surface area contributed by atoms with E-state index in [0.29, 0.717) is 0 Å². The zero-order valence-electron chi connectivity index (χ0n) is 9.33. The molecular formula is C13H9N3O2. The maximum absolute atomic E-state index is 11.3. The molecule has 1 saturated heterocycles. The lowest BCUT2D eigenvalue weighted by molar-refractivity contribution is -0.121. The fraction of sp³-hybridized carbons (Fsp3) is 0.154. The molecule has 1 aliphatic rings. The average Bonchev–Trinajstić information content (AvgIpc) is 3.14. The molecule has 1 aromatic heterocycles. The summed E-state index contributed by atoms with van der Waals surface area (Å²) in [7, 11) is 0. The molecule has 0 saturated carbocycles. The normalized spacial score (nSPS) is 25.6. The highest BCUT2D eigenvalue weighted by Crippen LogP contribution is 2.50. The molecule has 18 heavy (non-hydrogen) atoms. The summed E-state index contributed by atoms with van der Waals surface area (Å²) in [5.41, 5.74) is 5.25. The third-order valence-corrected chi connectivity index (χ3v) is 3.11. The fourth-order valence-electron chi connectivity index (χ4n) is 2.11. The first-order valence-corrected chi connectivity index (χ1v) is 5.41. The number of hydrogen-bond donors (Lipinski definition) is 1. The molecule has 5 heteroatoms. The van der Waals surface area contributed by atoms with Crippen molar-refractivity contribution in [1.82, 2.24) is 4.98 Å². The predicted octanol–water partition coefficient (Wildman–Crippen LogP) is 1.05. The van der Waals surface area contributed by atoms with Gasteiger partial charge in [0.25, 0.3) is 11.5 Å². The van der Waals surface area contributed by atoms with Gasteiger partial charge in [-0.15, -0.1) is 0 Å². The van der Waals surface area contributed by atoms with E-state index in [-0.39, 0.29) is 0 Å². The van der Waals surface area contributed by atoms with Gasteiger partial charge in [-0.05, 0) is 17.7 Å². The van der Waals surface area contributed by atoms with Crippen LogP contribution in [0.15, 0.2) is 36.5 Å². The zero-order valence-corrected chi connectivity index (χ0v) is 9.33. The number of para-hydroxylation sites is 1. The topological polar surface area (TPSA) is 92.3 Å². The Kier molecular flexibility index (Phi) is 2.09. The Bertz CT molecular complexity index is 687. The Morgan fingerprint density at radius 3 is 2.89 bits per heavy atom. The second-order valence-electron chi connectivity index (χ2n) is 4.13. The van der Waals surface area contributed by atoms with Gasteiger partial charge in [-0.2, -0.15) is 5.26 Å². The summed E-state index contributed by atoms with van der Waals surface area (Å²) in [6.07, 6.45) is 1.02. The van der Waals surface area contributed by atoms with E-state index < -0.39 is 17.6 Å². The molecule has 2 aromatic rings. The van der Waals surface area contributed by atoms with Crippen LogP contribution in [0.5, 0.6) is 0 Å². The highest BCUT2D eigenvalue weighted by atomic mass is 16.6. The Hall–Kier alpha value is -2.45. The highest BCUT2D eigenvalue weighted by molar-refractivity contribution is 5.93. The van der Waals surface area contributed by atoms with Crippen molar-refractivity contribution in [3.8, 4) is 6.07 Å². The molecule has 1 fully saturated rings. The monoisotopic (exact) mass is 239 g/mol. The lowest BCUT2D eigenvalue weighted by Crippen LogP contribution is -2.31. The second kappa shape index (κ2) is 3.52. The smallest absolute Gasteiger partial charge is 0.267 e. The van der Waals surface area contributed by atoms with Crippen LogP contribution in [-0.2, 0) is 9.53 Å². The van der Waals surface area contributed by atoms with Crippen molar-refractivity contribution >= 4 is 16.8 Å². The number of benzene rings is 1. The summed E-state index contributed by atoms with van der Waals surface area (Å²) >= 11 is 0. The Morgan fingerprint density at radius 2 is 2.22 bits per heavy atom. The molecule has 1 amide bonds. The van der Waals surface area contributed by atoms with Gasteiger partial charge >= 0.3 is 0 Å². The van der Waals surface area contributed by atoms with Gasteiger partial charge in [0.05, 0.1) is 5.52 Å². The van der Waals surface area contributed by atoms with Gasteiger partial charge in [-0.1, -0.05) is 18.2 Å². The lowest BCUT2D eigenvalue weighted by atomic mass is 9.97. The van der Waals surface area contributed by atoms with Crippen molar-refractivity contribution in [2.24, 2.45) is 5.73 Å². The second-order valence-corrected chi connectivity index (χ2v) is 4.13. The molecule has 0 aliphatic carbocycles. The third kappa shape index (κ3) is 1.30. The van der Waals surface area contributed by atoms with E-state index >= 15 is 0 Å². The molecule has 3 rings (SSSR count). The van der Waals surface area contributed by atoms with Crippen molar-refractivity contribution in [3.63, 3.8) is 0 Å². The summed E-state index contributed by atoms with van der Waals surface area (Å²) in [4.78, 5) is 15.5. The molecule has 0 radical (unpaired) electrons. The predicted molar refractivity (Wildman–Crippen MR) is 63.1 cm³/mol. The average molecular weight is 239 g/mol. The minimum absolute atomic E-state index is 0.604. The number of nitriles is 1. The molecule has 2 atom stereocenters. The van der Waals surface area contributed by atoms with Gasteiger partial charge in [-0.3, -0.25) is 9.78 Å². The number of amides is 1. The van der Waals surface area contributed by atoms with E-state index in [2.05, 4.69) is 4.98 Å². The molecule has 1 aromatic carbocycles. The summed E-state index contributed by atoms with van der Waals surface area (Å²) in [6, 6.07) is 11.1. The first-order chi connectivity index (χ1) is 8.69. The van der Waals surface area contributed by atoms with Crippen molar-refractivity contribution < 1.29 is 9.53 Å². The Labute approximate surface area is 103 Å². The summed E-state index contributed by atoms with van der Waals surface area (Å²) < 4.78 is 5.25. The minimum Gasteiger partial charge on any atom is -0.366 e. The molecule has 2 N–H and O–H groups in total. The number of nitrogens with zero attached hydrogens (tertiary/aromatic N) is 2. The largest absolute Gasteiger partial charge is 0.366 e. The van der Waals surface area contributed by atoms with Crippen LogP contribution in [0, 0.1) is 11.3 Å². The number of aromatic nitrogens is 1. The number of carbonyl (C=O) groups is 1. The molecule has 2 unspecified atom stereocenters. The Balaban J connectivity index is 2.14. The van der Waals surface area contributed by atoms with E-state index in [4.69, 9.17) is 15.7 Å². The molecular weight excluding hydrogens is 230 g/mol. The van der Waals surface area contributed by atoms with Crippen LogP contribution in [0.2, 0.25) is 0 Å². The SMILES string of the molecule is N#CC1(C(N)=O)OC1c1ccnc2ccccc12. The Morgan fingerprint density at radius 1 is 1.44 bits per heavy atom. The number of fused-ring (bicyclic) bond motifs is 1. The van der Waals surface area contributed by atoms with Gasteiger partial charge in [0.15, 0.2) is 0 Å². The van der Waals surface area contributed by atoms with Crippen molar-refractivity contribution in [3.05, 3.63) is 42.1 Å². The number of nitrogens with two attached hydrogens (primary N) is 1. The van der Waals surface area contributed by atoms with Gasteiger partial charge in [0, 0.05) is 11.6 Å². The standard InChI is InChI=1S/C13H9N3O2/c14-7-13(12(15)17)11(18-13)9-5-6-16-10-4-2-1-3-8(9)10/h1-6,11H,(H2,15,17). The van der Waals surface area contributed by atoms with Gasteiger partial charge in [-0.25, -0.2) is 0 Å². The van der Waals surface area contributed by atoms with Crippen molar-refractivity contribution in [2.45, 2.75) is 11.7 Å². The maximum atomic E-state index is 11.3. The van der Waals surface area contributed by atoms with Crippen molar-refractivity contribution in [2.75, 3.05) is 0 Å². The molecule has 0 bridgehead atoms. The molecule has 2 heterocycles. The number of hydrogen-bond acceptors (Lipinski definition) is 4. The van der Waals surface area contributed by atoms with Crippen LogP contribution >= 0.6 is 0 Å². The summed E-state index contributed by atoms with van der Waals surface area (Å²) in [5, 5.41) is 9.90. The van der Waals surface area contributed by atoms with Crippen LogP contribution in [0.1, 0.15) is 11.7 Å². The van der Waals surface area contributed by atoms with Crippen LogP contribution < -0.4 is 5.73 Å². The number of rotatable bonds is 2. The van der Waals surface area contributed by atoms with Gasteiger partial charge in [0.2, 0.25) is 0 Å². The van der Waals surface area contributed by atoms with Gasteiger partial charge in [0.1, 0.15) is 12.2 Å². The fourth-order valence-corrected chi connectivity index (χ4v) is 2.11. The number of primary amides is 1. The van der Waals surface area contributed by atoms with Crippen LogP contribution in [0.4, 0.5) is 0 Å². The van der Waals surface area contributed by atoms with Crippen molar-refractivity contribution in [1.29, 1.82) is 5.26 Å². The van der Waals surface area contributed by atoms with E-state index in [1.807, 2.05) is 30.3 Å². The zero-order chi connectivity index (χ0) is 12.8. The van der Waals surface area contributed by atoms with E-state index in [1.54, 1.807) is 12.3 Å². The van der Waals surface area contributed by atoms with Gasteiger partial charge < -0.3 is 10.5 Å². The summed E-state index contributed by atoms with van der Waals surface area (Å²) in [6.45, 7) is 0. The van der Waals surface area contributed by atoms with E-state index in [0.717, 1.165) is 16.5 Å². The van der Waals surface area contributed by atoms with Crippen LogP contribution in [0.3, 0.4) is 0 Å². The first kappa shape index (κ1) is 10.7. The van der Waals surface area contributed by atoms with Crippen LogP contribution in [0.25, 0.3) is 10.9 Å². The number of ether oxygens (including phenoxy) is 1. The highest BCUT2D eigenvalue weighted by Gasteiger charge is 2.64. The minimum atomic E-state index is -1.52. The first-order valence-electron chi connectivity index (χ1n) is 5.41. The molecule has 1 aliphatic heterocycles. The molecule has 5 nitrogen and oxygen atoms in total. The molecule has 88 valence electrons. The number of pyridine rings is 1. The third-order valence-electron chi connectivity index (χ3n) is 3.11. The van der Waals surface area contributed by atoms with E-state index in [9.17, 15) is 4.79 Å². The lowest BCUT2D eigenvalue weighted by Gasteiger charge is -2.03. The quantitative estimate of drug-likeness (QED) is 0.793. The molecule has 0 spiro atoms.